The highest BCUT2D eigenvalue weighted by Gasteiger charge is 2.52. The van der Waals surface area contributed by atoms with Gasteiger partial charge in [-0.2, -0.15) is 4.98 Å². The Morgan fingerprint density at radius 1 is 0.863 bits per heavy atom. The van der Waals surface area contributed by atoms with Crippen LogP contribution in [0.3, 0.4) is 0 Å². The summed E-state index contributed by atoms with van der Waals surface area (Å²) in [7, 11) is -11.0. The van der Waals surface area contributed by atoms with Gasteiger partial charge in [-0.15, -0.1) is 0 Å². The molecule has 8 aromatic rings. The molecule has 12 unspecified atom stereocenters. The number of nitrogens with zero attached hydrogens (tertiary/aromatic N) is 10. The third-order valence-electron chi connectivity index (χ3n) is 12.3. The Morgan fingerprint density at radius 3 is 2.31 bits per heavy atom. The van der Waals surface area contributed by atoms with E-state index in [0.29, 0.717) is 38.7 Å². The quantitative estimate of drug-likeness (QED) is 0.0250. The number of fused-ring (bicyclic) bond motifs is 3. The Labute approximate surface area is 463 Å². The minimum absolute atomic E-state index is 0. The van der Waals surface area contributed by atoms with Crippen LogP contribution in [0.25, 0.3) is 44.9 Å². The predicted molar refractivity (Wildman–Crippen MR) is 288 cm³/mol. The fourth-order valence-electron chi connectivity index (χ4n) is 8.67. The molecular weight excluding hydrogens is 1180 g/mol. The number of nitrogen functional groups attached to an aromatic ring is 1. The number of aromatic amines is 2. The standard InChI is InChI=1S/C42H47ClN14O18P4S.H2/c1-45-32-25-35(47-16-46-32)56(17-48-25)40-31(67-2)30(73-79(65,66)70-15-23-28(58)29(59)39(71-23)57-18-49-26-36(57)52-41(44)53-37(26)60)24(72-40)14-69-77(63)75-78(64)74-76(62)22-10-4-19(5-11-22)34-50-33-27(38(61)54-42(51-33)80-3)55(34)12-13-68-21-8-6-20(43)7-9-21;/h4-11,16-18,23-24,28-31,39-40,58-59,62-64H,12-15H2,1-3H3,(H,65,66)(H,45,46,47)(H,51,54,61)(H3,44,52,53,60);1H. The monoisotopic (exact) mass is 1230 g/mol. The zero-order valence-corrected chi connectivity index (χ0v) is 46.7. The molecule has 11 N–H and O–H groups in total. The number of phosphoric ester groups is 1. The number of aliphatic hydroxyl groups is 2. The summed E-state index contributed by atoms with van der Waals surface area (Å²) in [5.74, 6) is 1.03. The number of anilines is 2. The maximum absolute atomic E-state index is 13.8. The summed E-state index contributed by atoms with van der Waals surface area (Å²) in [4.78, 5) is 105. The zero-order valence-electron chi connectivity index (χ0n) is 41.5. The molecule has 2 saturated heterocycles. The summed E-state index contributed by atoms with van der Waals surface area (Å²) in [5, 5.41) is 25.9. The van der Waals surface area contributed by atoms with Crippen LogP contribution in [-0.4, -0.2) is 165 Å². The van der Waals surface area contributed by atoms with Crippen LogP contribution in [0.4, 0.5) is 11.8 Å². The molecule has 80 heavy (non-hydrogen) atoms. The molecule has 12 atom stereocenters. The van der Waals surface area contributed by atoms with Gasteiger partial charge in [-0.3, -0.25) is 42.0 Å². The normalized spacial score (nSPS) is 23.2. The molecule has 2 aliphatic heterocycles. The summed E-state index contributed by atoms with van der Waals surface area (Å²) in [6, 6.07) is 13.0. The largest absolute Gasteiger partial charge is 0.492 e. The minimum atomic E-state index is -5.24. The summed E-state index contributed by atoms with van der Waals surface area (Å²) in [5.41, 5.74) is 5.91. The number of hydrogen-bond donors (Lipinski definition) is 10. The number of phosphoric acid groups is 1. The number of imidazole rings is 3. The molecule has 6 aromatic heterocycles. The van der Waals surface area contributed by atoms with Crippen molar-refractivity contribution in [2.24, 2.45) is 0 Å². The number of rotatable bonds is 23. The number of nitrogens with two attached hydrogens (primary N) is 1. The van der Waals surface area contributed by atoms with E-state index in [1.165, 1.54) is 48.2 Å². The second-order valence-corrected chi connectivity index (χ2v) is 23.3. The first-order valence-corrected chi connectivity index (χ1v) is 29.9. The first kappa shape index (κ1) is 57.9. The van der Waals surface area contributed by atoms with Gasteiger partial charge in [0.05, 0.1) is 32.4 Å². The predicted octanol–water partition coefficient (Wildman–Crippen LogP) is 2.54. The topological polar surface area (TPSA) is 430 Å². The highest BCUT2D eigenvalue weighted by atomic mass is 35.5. The van der Waals surface area contributed by atoms with E-state index >= 15 is 0 Å². The van der Waals surface area contributed by atoms with Crippen LogP contribution >= 0.6 is 56.8 Å². The average Bonchev–Trinajstić information content (AvgIpc) is 4.42. The molecule has 8 heterocycles. The molecule has 2 aliphatic rings. The molecule has 2 fully saturated rings. The van der Waals surface area contributed by atoms with E-state index in [2.05, 4.69) is 50.2 Å². The van der Waals surface area contributed by atoms with Crippen molar-refractivity contribution in [2.45, 2.75) is 60.8 Å². The van der Waals surface area contributed by atoms with E-state index in [1.54, 1.807) is 54.3 Å². The third kappa shape index (κ3) is 12.2. The zero-order chi connectivity index (χ0) is 56.6. The number of thioether (sulfide) groups is 1. The molecule has 2 aromatic carbocycles. The number of aromatic nitrogens is 12. The van der Waals surface area contributed by atoms with Crippen molar-refractivity contribution in [1.29, 1.82) is 0 Å². The Balaban J connectivity index is 0.00000792. The molecule has 0 spiro atoms. The van der Waals surface area contributed by atoms with E-state index in [9.17, 15) is 43.9 Å². The van der Waals surface area contributed by atoms with Gasteiger partial charge in [0.1, 0.15) is 66.6 Å². The number of H-pyrrole nitrogens is 2. The number of benzene rings is 2. The molecule has 0 aliphatic carbocycles. The number of aliphatic hydroxyl groups excluding tert-OH is 2. The van der Waals surface area contributed by atoms with Gasteiger partial charge in [0.25, 0.3) is 11.1 Å². The molecule has 0 amide bonds. The Kier molecular flexibility index (Phi) is 17.8. The van der Waals surface area contributed by atoms with Crippen molar-refractivity contribution in [3.8, 4) is 17.1 Å². The lowest BCUT2D eigenvalue weighted by molar-refractivity contribution is -0.0580. The third-order valence-corrected chi connectivity index (χ3v) is 17.5. The Hall–Kier alpha value is -5.31. The molecule has 0 radical (unpaired) electrons. The van der Waals surface area contributed by atoms with E-state index in [-0.39, 0.29) is 53.8 Å². The number of ether oxygens (including phenoxy) is 4. The molecule has 0 saturated carbocycles. The summed E-state index contributed by atoms with van der Waals surface area (Å²) in [6.45, 7) is -1.16. The van der Waals surface area contributed by atoms with Crippen molar-refractivity contribution in [3.63, 3.8) is 0 Å². The molecule has 38 heteroatoms. The average molecular weight is 1230 g/mol. The van der Waals surface area contributed by atoms with Crippen LogP contribution in [0, 0.1) is 0 Å². The minimum Gasteiger partial charge on any atom is -0.492 e. The van der Waals surface area contributed by atoms with Crippen molar-refractivity contribution in [1.82, 2.24) is 58.6 Å². The number of methoxy groups -OCH3 is 1. The van der Waals surface area contributed by atoms with E-state index in [4.69, 9.17) is 58.5 Å². The fourth-order valence-corrected chi connectivity index (χ4v) is 12.8. The first-order valence-electron chi connectivity index (χ1n) is 23.4. The van der Waals surface area contributed by atoms with Crippen LogP contribution in [0.1, 0.15) is 13.9 Å². The van der Waals surface area contributed by atoms with Gasteiger partial charge in [-0.25, -0.2) is 38.8 Å². The summed E-state index contributed by atoms with van der Waals surface area (Å²) in [6.07, 6.45) is -6.20. The molecule has 10 rings (SSSR count). The first-order chi connectivity index (χ1) is 38.4. The van der Waals surface area contributed by atoms with Crippen LogP contribution in [-0.2, 0) is 47.5 Å². The lowest BCUT2D eigenvalue weighted by atomic mass is 10.1. The number of nitrogens with one attached hydrogen (secondary N) is 3. The van der Waals surface area contributed by atoms with Gasteiger partial charge in [0.15, 0.2) is 51.4 Å². The lowest BCUT2D eigenvalue weighted by Crippen LogP contribution is -2.37. The second-order valence-electron chi connectivity index (χ2n) is 17.1. The van der Waals surface area contributed by atoms with Crippen LogP contribution < -0.4 is 32.2 Å². The SMILES string of the molecule is CNc1ncnc2c1ncn2C1OC(COP(O)OP(O)OP(O)c2ccc(-c3nc4nc(SC)[nH]c(=O)c4n3CCOc3ccc(Cl)cc3)cc2)C(OP(=O)(O)OCC2OC(n3cnc4c(=O)[nH]c(N)nc43)C(O)C2O)C1OC.[HH]. The van der Waals surface area contributed by atoms with Gasteiger partial charge in [-0.1, -0.05) is 35.5 Å². The highest BCUT2D eigenvalue weighted by Crippen LogP contribution is 2.57. The van der Waals surface area contributed by atoms with E-state index < -0.39 is 107 Å². The Bertz CT molecular complexity index is 3670. The van der Waals surface area contributed by atoms with Crippen LogP contribution in [0.5, 0.6) is 5.75 Å². The van der Waals surface area contributed by atoms with Crippen molar-refractivity contribution >= 4 is 107 Å². The number of hydrogen-bond acceptors (Lipinski definition) is 27. The fraction of sp³-hybridized carbons (Fsp3) is 0.357. The Morgan fingerprint density at radius 2 is 1.59 bits per heavy atom. The molecular formula is C42H49ClN14O18P4S. The second kappa shape index (κ2) is 24.6. The van der Waals surface area contributed by atoms with Crippen molar-refractivity contribution in [2.75, 3.05) is 51.3 Å². The smallest absolute Gasteiger partial charge is 0.472 e. The molecule has 32 nitrogen and oxygen atoms in total. The van der Waals surface area contributed by atoms with E-state index in [1.807, 2.05) is 0 Å². The molecule has 0 bridgehead atoms. The van der Waals surface area contributed by atoms with Crippen molar-refractivity contribution in [3.05, 3.63) is 93.2 Å². The lowest BCUT2D eigenvalue weighted by Gasteiger charge is -2.26. The van der Waals surface area contributed by atoms with Gasteiger partial charge in [0, 0.05) is 31.5 Å². The van der Waals surface area contributed by atoms with Gasteiger partial charge in [-0.05, 0) is 42.7 Å². The van der Waals surface area contributed by atoms with Crippen LogP contribution in [0.2, 0.25) is 5.02 Å². The summed E-state index contributed by atoms with van der Waals surface area (Å²) < 4.78 is 68.9. The van der Waals surface area contributed by atoms with Gasteiger partial charge < -0.3 is 68.9 Å². The maximum Gasteiger partial charge on any atom is 0.472 e. The summed E-state index contributed by atoms with van der Waals surface area (Å²) >= 11 is 7.26. The van der Waals surface area contributed by atoms with Gasteiger partial charge >= 0.3 is 25.0 Å². The maximum atomic E-state index is 13.8. The van der Waals surface area contributed by atoms with E-state index in [0.717, 1.165) is 10.9 Å². The molecule has 428 valence electrons. The number of halogens is 1. The van der Waals surface area contributed by atoms with Gasteiger partial charge in [0.2, 0.25) is 14.3 Å². The highest BCUT2D eigenvalue weighted by molar-refractivity contribution is 7.98. The van der Waals surface area contributed by atoms with Crippen LogP contribution in [0.15, 0.2) is 82.3 Å². The van der Waals surface area contributed by atoms with Crippen molar-refractivity contribution < 1.29 is 76.9 Å².